The van der Waals surface area contributed by atoms with Crippen LogP contribution < -0.4 is 10.6 Å². The molecule has 2 aromatic heterocycles. The van der Waals surface area contributed by atoms with E-state index in [4.69, 9.17) is 0 Å². The number of benzene rings is 1. The minimum absolute atomic E-state index is 0.00333. The van der Waals surface area contributed by atoms with Gasteiger partial charge in [0.1, 0.15) is 10.8 Å². The molecule has 0 radical (unpaired) electrons. The summed E-state index contributed by atoms with van der Waals surface area (Å²) in [4.78, 5) is 33.9. The highest BCUT2D eigenvalue weighted by Gasteiger charge is 2.20. The summed E-state index contributed by atoms with van der Waals surface area (Å²) in [5, 5.41) is 7.60. The Morgan fingerprint density at radius 2 is 1.96 bits per heavy atom. The summed E-state index contributed by atoms with van der Waals surface area (Å²) in [6.45, 7) is 3.03. The standard InChI is InChI=1S/C19H17FN4O2S2/c1-10-16(19(27-3)24-17(21-10)15-5-4-8-28-15)18(26)23-12-6-7-13(20)14(9-12)22-11(2)25/h4-9H,1-3H3,(H,22,25)(H,23,26). The third kappa shape index (κ3) is 4.37. The van der Waals surface area contributed by atoms with E-state index in [0.717, 1.165) is 4.88 Å². The van der Waals surface area contributed by atoms with Gasteiger partial charge < -0.3 is 10.6 Å². The molecule has 3 rings (SSSR count). The van der Waals surface area contributed by atoms with Crippen molar-refractivity contribution >= 4 is 46.3 Å². The van der Waals surface area contributed by atoms with Crippen molar-refractivity contribution < 1.29 is 14.0 Å². The normalized spacial score (nSPS) is 10.6. The summed E-state index contributed by atoms with van der Waals surface area (Å²) in [5.74, 6) is -0.818. The number of thiophene rings is 1. The molecule has 0 unspecified atom stereocenters. The number of carbonyl (C=O) groups excluding carboxylic acids is 2. The SMILES string of the molecule is CSc1nc(-c2cccs2)nc(C)c1C(=O)Nc1ccc(F)c(NC(C)=O)c1. The Kier molecular flexibility index (Phi) is 6.05. The zero-order valence-corrected chi connectivity index (χ0v) is 17.0. The summed E-state index contributed by atoms with van der Waals surface area (Å²) >= 11 is 2.87. The Morgan fingerprint density at radius 1 is 1.18 bits per heavy atom. The Bertz CT molecular complexity index is 1040. The molecule has 1 aromatic carbocycles. The van der Waals surface area contributed by atoms with E-state index in [1.807, 2.05) is 23.8 Å². The molecule has 0 fully saturated rings. The van der Waals surface area contributed by atoms with Gasteiger partial charge in [-0.15, -0.1) is 23.1 Å². The molecular weight excluding hydrogens is 399 g/mol. The van der Waals surface area contributed by atoms with Crippen LogP contribution in [0.15, 0.2) is 40.7 Å². The number of nitrogens with zero attached hydrogens (tertiary/aromatic N) is 2. The molecule has 0 saturated heterocycles. The number of carbonyl (C=O) groups is 2. The lowest BCUT2D eigenvalue weighted by molar-refractivity contribution is -0.114. The number of halogens is 1. The summed E-state index contributed by atoms with van der Waals surface area (Å²) in [7, 11) is 0. The third-order valence-corrected chi connectivity index (χ3v) is 5.30. The second kappa shape index (κ2) is 8.49. The van der Waals surface area contributed by atoms with Crippen molar-refractivity contribution in [3.05, 3.63) is 52.8 Å². The summed E-state index contributed by atoms with van der Waals surface area (Å²) in [6, 6.07) is 7.81. The van der Waals surface area contributed by atoms with E-state index in [2.05, 4.69) is 20.6 Å². The summed E-state index contributed by atoms with van der Waals surface area (Å²) in [6.07, 6.45) is 1.84. The highest BCUT2D eigenvalue weighted by molar-refractivity contribution is 7.98. The Balaban J connectivity index is 1.91. The first-order chi connectivity index (χ1) is 13.4. The van der Waals surface area contributed by atoms with E-state index in [0.29, 0.717) is 27.8 Å². The number of aromatic nitrogens is 2. The summed E-state index contributed by atoms with van der Waals surface area (Å²) < 4.78 is 13.8. The maximum atomic E-state index is 13.8. The molecule has 0 aliphatic carbocycles. The van der Waals surface area contributed by atoms with Gasteiger partial charge in [0, 0.05) is 12.6 Å². The number of aryl methyl sites for hydroxylation is 1. The quantitative estimate of drug-likeness (QED) is 0.470. The average Bonchev–Trinajstić information content (AvgIpc) is 3.18. The molecule has 0 saturated carbocycles. The topological polar surface area (TPSA) is 84.0 Å². The van der Waals surface area contributed by atoms with Gasteiger partial charge in [0.15, 0.2) is 5.82 Å². The van der Waals surface area contributed by atoms with Crippen LogP contribution in [0.5, 0.6) is 0 Å². The van der Waals surface area contributed by atoms with Crippen molar-refractivity contribution in [2.24, 2.45) is 0 Å². The fourth-order valence-electron chi connectivity index (χ4n) is 2.55. The zero-order chi connectivity index (χ0) is 20.3. The van der Waals surface area contributed by atoms with E-state index < -0.39 is 17.6 Å². The number of nitrogens with one attached hydrogen (secondary N) is 2. The molecule has 2 heterocycles. The first-order valence-electron chi connectivity index (χ1n) is 8.24. The minimum atomic E-state index is -0.585. The van der Waals surface area contributed by atoms with Gasteiger partial charge in [0.05, 0.1) is 21.8 Å². The highest BCUT2D eigenvalue weighted by Crippen LogP contribution is 2.28. The number of rotatable bonds is 5. The first-order valence-corrected chi connectivity index (χ1v) is 10.3. The van der Waals surface area contributed by atoms with E-state index in [-0.39, 0.29) is 5.69 Å². The van der Waals surface area contributed by atoms with Gasteiger partial charge in [-0.1, -0.05) is 6.07 Å². The Hall–Kier alpha value is -2.78. The van der Waals surface area contributed by atoms with Gasteiger partial charge in [0.2, 0.25) is 5.91 Å². The van der Waals surface area contributed by atoms with Crippen molar-refractivity contribution in [1.29, 1.82) is 0 Å². The second-order valence-corrected chi connectivity index (χ2v) is 7.57. The van der Waals surface area contributed by atoms with Crippen molar-refractivity contribution in [1.82, 2.24) is 9.97 Å². The monoisotopic (exact) mass is 416 g/mol. The molecular formula is C19H17FN4O2S2. The fraction of sp³-hybridized carbons (Fsp3) is 0.158. The smallest absolute Gasteiger partial charge is 0.260 e. The molecule has 28 heavy (non-hydrogen) atoms. The van der Waals surface area contributed by atoms with Crippen LogP contribution in [0.4, 0.5) is 15.8 Å². The molecule has 6 nitrogen and oxygen atoms in total. The van der Waals surface area contributed by atoms with Crippen LogP contribution in [0.1, 0.15) is 23.0 Å². The molecule has 2 N–H and O–H groups in total. The lowest BCUT2D eigenvalue weighted by Crippen LogP contribution is -2.17. The molecule has 0 aliphatic heterocycles. The highest BCUT2D eigenvalue weighted by atomic mass is 32.2. The van der Waals surface area contributed by atoms with Crippen LogP contribution >= 0.6 is 23.1 Å². The van der Waals surface area contributed by atoms with Crippen molar-refractivity contribution in [2.75, 3.05) is 16.9 Å². The van der Waals surface area contributed by atoms with E-state index >= 15 is 0 Å². The minimum Gasteiger partial charge on any atom is -0.324 e. The number of anilines is 2. The molecule has 2 amide bonds. The van der Waals surface area contributed by atoms with Gasteiger partial charge in [0.25, 0.3) is 5.91 Å². The van der Waals surface area contributed by atoms with Gasteiger partial charge in [-0.05, 0) is 42.8 Å². The van der Waals surface area contributed by atoms with Crippen molar-refractivity contribution in [2.45, 2.75) is 18.9 Å². The lowest BCUT2D eigenvalue weighted by atomic mass is 10.2. The van der Waals surface area contributed by atoms with Gasteiger partial charge in [-0.3, -0.25) is 9.59 Å². The van der Waals surface area contributed by atoms with Crippen LogP contribution in [0, 0.1) is 12.7 Å². The third-order valence-electron chi connectivity index (χ3n) is 3.75. The zero-order valence-electron chi connectivity index (χ0n) is 15.4. The van der Waals surface area contributed by atoms with Crippen LogP contribution in [0.2, 0.25) is 0 Å². The van der Waals surface area contributed by atoms with Crippen molar-refractivity contribution in [3.63, 3.8) is 0 Å². The molecule has 0 bridgehead atoms. The molecule has 9 heteroatoms. The van der Waals surface area contributed by atoms with E-state index in [9.17, 15) is 14.0 Å². The predicted molar refractivity (Wildman–Crippen MR) is 111 cm³/mol. The number of thioether (sulfide) groups is 1. The fourth-order valence-corrected chi connectivity index (χ4v) is 3.83. The number of amides is 2. The van der Waals surface area contributed by atoms with Crippen LogP contribution in [0.25, 0.3) is 10.7 Å². The van der Waals surface area contributed by atoms with Gasteiger partial charge in [-0.2, -0.15) is 0 Å². The number of hydrogen-bond donors (Lipinski definition) is 2. The van der Waals surface area contributed by atoms with Crippen molar-refractivity contribution in [3.8, 4) is 10.7 Å². The van der Waals surface area contributed by atoms with Gasteiger partial charge in [-0.25, -0.2) is 14.4 Å². The average molecular weight is 417 g/mol. The molecule has 0 aliphatic rings. The Labute approximate surface area is 169 Å². The first kappa shape index (κ1) is 20.0. The summed E-state index contributed by atoms with van der Waals surface area (Å²) in [5.41, 5.74) is 1.25. The molecule has 144 valence electrons. The Morgan fingerprint density at radius 3 is 2.61 bits per heavy atom. The molecule has 0 spiro atoms. The maximum absolute atomic E-state index is 13.8. The predicted octanol–water partition coefficient (Wildman–Crippen LogP) is 4.59. The largest absolute Gasteiger partial charge is 0.324 e. The van der Waals surface area contributed by atoms with E-state index in [1.165, 1.54) is 48.2 Å². The van der Waals surface area contributed by atoms with Crippen LogP contribution in [0.3, 0.4) is 0 Å². The maximum Gasteiger partial charge on any atom is 0.260 e. The molecule has 3 aromatic rings. The van der Waals surface area contributed by atoms with E-state index in [1.54, 1.807) is 6.92 Å². The van der Waals surface area contributed by atoms with Gasteiger partial charge >= 0.3 is 0 Å². The van der Waals surface area contributed by atoms with Crippen LogP contribution in [-0.4, -0.2) is 28.0 Å². The lowest BCUT2D eigenvalue weighted by Gasteiger charge is -2.13. The second-order valence-electron chi connectivity index (χ2n) is 5.82. The molecule has 0 atom stereocenters. The van der Waals surface area contributed by atoms with Crippen LogP contribution in [-0.2, 0) is 4.79 Å². The number of hydrogen-bond acceptors (Lipinski definition) is 6.